The molecule has 1 aromatic heterocycles. The van der Waals surface area contributed by atoms with Crippen molar-refractivity contribution in [2.75, 3.05) is 23.3 Å². The summed E-state index contributed by atoms with van der Waals surface area (Å²) in [5.41, 5.74) is 0. The van der Waals surface area contributed by atoms with E-state index in [-0.39, 0.29) is 17.8 Å². The molecular formula is C13H19N5O4. The van der Waals surface area contributed by atoms with Gasteiger partial charge in [0.25, 0.3) is 0 Å². The minimum Gasteiger partial charge on any atom is -0.376 e. The standard InChI is InChI=1S/C13H19N5O4/c19-6-17(7-20)12-14-11(10-4-2-1-3-5-10)15-13(16-12)18(8-21)9-22/h6-7,10,21-22H,1-5,8-9H2. The molecule has 2 amide bonds. The van der Waals surface area contributed by atoms with Crippen molar-refractivity contribution in [1.82, 2.24) is 15.0 Å². The second kappa shape index (κ2) is 7.76. The fraction of sp³-hybridized carbons (Fsp3) is 0.615. The van der Waals surface area contributed by atoms with E-state index in [2.05, 4.69) is 15.0 Å². The van der Waals surface area contributed by atoms with Gasteiger partial charge in [0.05, 0.1) is 0 Å². The Labute approximate surface area is 127 Å². The van der Waals surface area contributed by atoms with Crippen LogP contribution < -0.4 is 9.80 Å². The number of amides is 2. The molecule has 0 bridgehead atoms. The molecule has 0 radical (unpaired) electrons. The van der Waals surface area contributed by atoms with Crippen LogP contribution in [0.25, 0.3) is 0 Å². The second-order valence-electron chi connectivity index (χ2n) is 5.07. The summed E-state index contributed by atoms with van der Waals surface area (Å²) in [7, 11) is 0. The van der Waals surface area contributed by atoms with Crippen molar-refractivity contribution in [3.05, 3.63) is 5.82 Å². The van der Waals surface area contributed by atoms with Crippen LogP contribution in [0.3, 0.4) is 0 Å². The Kier molecular flexibility index (Phi) is 5.73. The largest absolute Gasteiger partial charge is 0.376 e. The average Bonchev–Trinajstić information content (AvgIpc) is 2.58. The third-order valence-electron chi connectivity index (χ3n) is 3.68. The lowest BCUT2D eigenvalue weighted by molar-refractivity contribution is -0.114. The van der Waals surface area contributed by atoms with E-state index in [1.165, 1.54) is 0 Å². The summed E-state index contributed by atoms with van der Waals surface area (Å²) in [6.07, 6.45) is 5.74. The van der Waals surface area contributed by atoms with Crippen LogP contribution in [0.15, 0.2) is 0 Å². The van der Waals surface area contributed by atoms with E-state index in [1.54, 1.807) is 0 Å². The number of imide groups is 1. The molecule has 9 nitrogen and oxygen atoms in total. The quantitative estimate of drug-likeness (QED) is 0.522. The summed E-state index contributed by atoms with van der Waals surface area (Å²) in [4.78, 5) is 36.1. The molecule has 0 spiro atoms. The molecule has 1 aromatic rings. The number of rotatable bonds is 7. The van der Waals surface area contributed by atoms with Crippen molar-refractivity contribution >= 4 is 24.7 Å². The van der Waals surface area contributed by atoms with E-state index in [4.69, 9.17) is 0 Å². The predicted octanol–water partition coefficient (Wildman–Crippen LogP) is -0.256. The molecule has 1 aliphatic carbocycles. The minimum atomic E-state index is -0.494. The topological polar surface area (TPSA) is 120 Å². The SMILES string of the molecule is O=CN(C=O)c1nc(C2CCCCC2)nc(N(CO)CO)n1. The summed E-state index contributed by atoms with van der Waals surface area (Å²) < 4.78 is 0. The molecular weight excluding hydrogens is 290 g/mol. The Morgan fingerprint density at radius 3 is 2.09 bits per heavy atom. The predicted molar refractivity (Wildman–Crippen MR) is 76.9 cm³/mol. The van der Waals surface area contributed by atoms with Gasteiger partial charge < -0.3 is 10.2 Å². The molecule has 1 heterocycles. The number of carbonyl (C=O) groups excluding carboxylic acids is 2. The van der Waals surface area contributed by atoms with Gasteiger partial charge in [-0.25, -0.2) is 4.90 Å². The molecule has 2 N–H and O–H groups in total. The number of aromatic nitrogens is 3. The van der Waals surface area contributed by atoms with Gasteiger partial charge >= 0.3 is 0 Å². The number of aliphatic hydroxyl groups is 2. The Balaban J connectivity index is 2.42. The molecule has 0 aliphatic heterocycles. The molecule has 0 saturated heterocycles. The molecule has 120 valence electrons. The zero-order chi connectivity index (χ0) is 15.9. The maximum absolute atomic E-state index is 10.9. The van der Waals surface area contributed by atoms with Crippen molar-refractivity contribution in [3.63, 3.8) is 0 Å². The van der Waals surface area contributed by atoms with Gasteiger partial charge in [-0.15, -0.1) is 0 Å². The first-order chi connectivity index (χ1) is 10.7. The summed E-state index contributed by atoms with van der Waals surface area (Å²) >= 11 is 0. The van der Waals surface area contributed by atoms with Crippen LogP contribution in [0.2, 0.25) is 0 Å². The molecule has 9 heteroatoms. The Bertz CT molecular complexity index is 509. The van der Waals surface area contributed by atoms with Gasteiger partial charge in [0.1, 0.15) is 19.3 Å². The Morgan fingerprint density at radius 2 is 1.55 bits per heavy atom. The lowest BCUT2D eigenvalue weighted by Crippen LogP contribution is -2.30. The monoisotopic (exact) mass is 309 g/mol. The first kappa shape index (κ1) is 16.2. The molecule has 2 rings (SSSR count). The smallest absolute Gasteiger partial charge is 0.243 e. The number of nitrogens with zero attached hydrogens (tertiary/aromatic N) is 5. The van der Waals surface area contributed by atoms with Crippen molar-refractivity contribution < 1.29 is 19.8 Å². The molecule has 1 saturated carbocycles. The normalized spacial score (nSPS) is 15.4. The Hall–Kier alpha value is -2.13. The van der Waals surface area contributed by atoms with Crippen LogP contribution in [0.4, 0.5) is 11.9 Å². The van der Waals surface area contributed by atoms with Crippen LogP contribution in [0.1, 0.15) is 43.8 Å². The van der Waals surface area contributed by atoms with Crippen molar-refractivity contribution in [3.8, 4) is 0 Å². The average molecular weight is 309 g/mol. The van der Waals surface area contributed by atoms with E-state index in [0.717, 1.165) is 37.0 Å². The maximum atomic E-state index is 10.9. The highest BCUT2D eigenvalue weighted by Crippen LogP contribution is 2.31. The first-order valence-electron chi connectivity index (χ1n) is 7.15. The third-order valence-corrected chi connectivity index (χ3v) is 3.68. The van der Waals surface area contributed by atoms with Gasteiger partial charge in [-0.05, 0) is 12.8 Å². The van der Waals surface area contributed by atoms with Crippen LogP contribution >= 0.6 is 0 Å². The van der Waals surface area contributed by atoms with Gasteiger partial charge in [0.15, 0.2) is 0 Å². The van der Waals surface area contributed by atoms with Crippen LogP contribution in [-0.2, 0) is 9.59 Å². The molecule has 0 atom stereocenters. The highest BCUT2D eigenvalue weighted by atomic mass is 16.3. The first-order valence-corrected chi connectivity index (χ1v) is 7.15. The van der Waals surface area contributed by atoms with Crippen LogP contribution in [0.5, 0.6) is 0 Å². The second-order valence-corrected chi connectivity index (χ2v) is 5.07. The summed E-state index contributed by atoms with van der Waals surface area (Å²) in [6, 6.07) is 0. The van der Waals surface area contributed by atoms with Gasteiger partial charge in [-0.1, -0.05) is 19.3 Å². The van der Waals surface area contributed by atoms with Gasteiger partial charge in [-0.3, -0.25) is 14.5 Å². The van der Waals surface area contributed by atoms with Crippen molar-refractivity contribution in [2.45, 2.75) is 38.0 Å². The number of hydrogen-bond donors (Lipinski definition) is 2. The highest BCUT2D eigenvalue weighted by Gasteiger charge is 2.23. The van der Waals surface area contributed by atoms with E-state index < -0.39 is 13.5 Å². The van der Waals surface area contributed by atoms with Gasteiger partial charge in [0.2, 0.25) is 24.7 Å². The number of hydrogen-bond acceptors (Lipinski definition) is 8. The molecule has 1 aliphatic rings. The highest BCUT2D eigenvalue weighted by molar-refractivity contribution is 5.93. The number of aliphatic hydroxyl groups excluding tert-OH is 2. The maximum Gasteiger partial charge on any atom is 0.243 e. The zero-order valence-electron chi connectivity index (χ0n) is 12.1. The summed E-state index contributed by atoms with van der Waals surface area (Å²) in [5.74, 6) is 0.515. The molecule has 1 fully saturated rings. The van der Waals surface area contributed by atoms with Gasteiger partial charge in [-0.2, -0.15) is 15.0 Å². The molecule has 0 unspecified atom stereocenters. The minimum absolute atomic E-state index is 0.0317. The van der Waals surface area contributed by atoms with Gasteiger partial charge in [0, 0.05) is 5.92 Å². The van der Waals surface area contributed by atoms with Crippen molar-refractivity contribution in [1.29, 1.82) is 0 Å². The van der Waals surface area contributed by atoms with E-state index >= 15 is 0 Å². The number of anilines is 2. The van der Waals surface area contributed by atoms with E-state index in [9.17, 15) is 19.8 Å². The third kappa shape index (κ3) is 3.55. The summed E-state index contributed by atoms with van der Waals surface area (Å²) in [6.45, 7) is -0.988. The van der Waals surface area contributed by atoms with Crippen molar-refractivity contribution in [2.24, 2.45) is 0 Å². The molecule has 0 aromatic carbocycles. The number of carbonyl (C=O) groups is 2. The van der Waals surface area contributed by atoms with E-state index in [0.29, 0.717) is 23.5 Å². The Morgan fingerprint density at radius 1 is 0.955 bits per heavy atom. The zero-order valence-corrected chi connectivity index (χ0v) is 12.1. The fourth-order valence-electron chi connectivity index (χ4n) is 2.46. The van der Waals surface area contributed by atoms with Crippen LogP contribution in [0, 0.1) is 0 Å². The fourth-order valence-corrected chi connectivity index (χ4v) is 2.46. The lowest BCUT2D eigenvalue weighted by Gasteiger charge is -2.23. The van der Waals surface area contributed by atoms with Crippen LogP contribution in [-0.4, -0.2) is 51.4 Å². The van der Waals surface area contributed by atoms with E-state index in [1.807, 2.05) is 0 Å². The molecule has 22 heavy (non-hydrogen) atoms. The lowest BCUT2D eigenvalue weighted by atomic mass is 9.89. The summed E-state index contributed by atoms with van der Waals surface area (Å²) in [5, 5.41) is 18.5.